The van der Waals surface area contributed by atoms with Gasteiger partial charge in [0.15, 0.2) is 0 Å². The predicted molar refractivity (Wildman–Crippen MR) is 98.5 cm³/mol. The maximum Gasteiger partial charge on any atom is 0.398 e. The minimum atomic E-state index is -4.25. The van der Waals surface area contributed by atoms with E-state index in [2.05, 4.69) is 10.3 Å². The van der Waals surface area contributed by atoms with E-state index in [1.807, 2.05) is 30.5 Å². The lowest BCUT2D eigenvalue weighted by Crippen LogP contribution is -2.14. The molecule has 1 aromatic heterocycles. The molecule has 0 aliphatic heterocycles. The van der Waals surface area contributed by atoms with Gasteiger partial charge in [0.05, 0.1) is 11.4 Å². The number of rotatable bonds is 6. The van der Waals surface area contributed by atoms with Gasteiger partial charge in [0, 0.05) is 28.4 Å². The number of fused-ring (bicyclic) bond motifs is 1. The average molecular weight is 378 g/mol. The summed E-state index contributed by atoms with van der Waals surface area (Å²) >= 11 is 0.669. The van der Waals surface area contributed by atoms with Crippen molar-refractivity contribution in [2.75, 3.05) is 11.1 Å². The molecule has 26 heavy (non-hydrogen) atoms. The van der Waals surface area contributed by atoms with Crippen LogP contribution in [0.1, 0.15) is 12.0 Å². The highest BCUT2D eigenvalue weighted by atomic mass is 32.2. The number of carbonyl (C=O) groups excluding carboxylic acids is 1. The molecule has 0 saturated carbocycles. The number of hydrogen-bond donors (Lipinski definition) is 2. The molecule has 3 aromatic rings. The fourth-order valence-corrected chi connectivity index (χ4v) is 3.42. The lowest BCUT2D eigenvalue weighted by Gasteiger charge is -2.12. The number of carbonyl (C=O) groups is 1. The molecule has 0 aliphatic carbocycles. The largest absolute Gasteiger partial charge is 0.398 e. The van der Waals surface area contributed by atoms with Gasteiger partial charge in [-0.05, 0) is 30.2 Å². The number of thioether (sulfide) groups is 1. The molecule has 0 fully saturated rings. The highest BCUT2D eigenvalue weighted by Gasteiger charge is 2.27. The molecule has 0 spiro atoms. The smallest absolute Gasteiger partial charge is 0.361 e. The van der Waals surface area contributed by atoms with Crippen molar-refractivity contribution in [2.45, 2.75) is 23.9 Å². The third-order valence-corrected chi connectivity index (χ3v) is 4.99. The summed E-state index contributed by atoms with van der Waals surface area (Å²) in [6, 6.07) is 14.4. The first kappa shape index (κ1) is 18.4. The molecule has 0 unspecified atom stereocenters. The number of anilines is 1. The quantitative estimate of drug-likeness (QED) is 0.565. The van der Waals surface area contributed by atoms with Crippen molar-refractivity contribution >= 4 is 34.3 Å². The van der Waals surface area contributed by atoms with Crippen molar-refractivity contribution < 1.29 is 18.0 Å². The van der Waals surface area contributed by atoms with Crippen LogP contribution in [0.4, 0.5) is 18.9 Å². The lowest BCUT2D eigenvalue weighted by atomic mass is 10.1. The first-order valence-corrected chi connectivity index (χ1v) is 9.04. The van der Waals surface area contributed by atoms with E-state index in [9.17, 15) is 18.0 Å². The van der Waals surface area contributed by atoms with Gasteiger partial charge in [0.1, 0.15) is 0 Å². The summed E-state index contributed by atoms with van der Waals surface area (Å²) in [6.07, 6.45) is -1.57. The average Bonchev–Trinajstić information content (AvgIpc) is 3.02. The molecule has 1 amide bonds. The Morgan fingerprint density at radius 3 is 2.62 bits per heavy atom. The SMILES string of the molecule is O=C(CCc1c[nH]c2ccccc12)Nc1ccccc1SCC(F)(F)F. The Hall–Kier alpha value is -2.41. The molecule has 0 aliphatic rings. The van der Waals surface area contributed by atoms with E-state index in [0.29, 0.717) is 28.8 Å². The van der Waals surface area contributed by atoms with Crippen molar-refractivity contribution in [2.24, 2.45) is 0 Å². The summed E-state index contributed by atoms with van der Waals surface area (Å²) in [5.41, 5.74) is 2.46. The molecule has 0 radical (unpaired) electrons. The number of alkyl halides is 3. The van der Waals surface area contributed by atoms with E-state index in [-0.39, 0.29) is 12.3 Å². The number of para-hydroxylation sites is 2. The summed E-state index contributed by atoms with van der Waals surface area (Å²) in [5.74, 6) is -1.22. The highest BCUT2D eigenvalue weighted by Crippen LogP contribution is 2.32. The van der Waals surface area contributed by atoms with Crippen LogP contribution in [0.15, 0.2) is 59.6 Å². The van der Waals surface area contributed by atoms with Crippen LogP contribution in [0.2, 0.25) is 0 Å². The molecule has 2 N–H and O–H groups in total. The third-order valence-electron chi connectivity index (χ3n) is 3.85. The molecule has 2 aromatic carbocycles. The van der Waals surface area contributed by atoms with Gasteiger partial charge in [-0.3, -0.25) is 4.79 Å². The van der Waals surface area contributed by atoms with Gasteiger partial charge in [-0.25, -0.2) is 0 Å². The summed E-state index contributed by atoms with van der Waals surface area (Å²) in [5, 5.41) is 3.79. The van der Waals surface area contributed by atoms with Crippen LogP contribution >= 0.6 is 11.8 Å². The van der Waals surface area contributed by atoms with Crippen molar-refractivity contribution in [3.8, 4) is 0 Å². The van der Waals surface area contributed by atoms with E-state index >= 15 is 0 Å². The maximum atomic E-state index is 12.4. The van der Waals surface area contributed by atoms with Gasteiger partial charge in [0.25, 0.3) is 0 Å². The second-order valence-electron chi connectivity index (χ2n) is 5.81. The van der Waals surface area contributed by atoms with Crippen LogP contribution in [0.25, 0.3) is 10.9 Å². The van der Waals surface area contributed by atoms with Crippen LogP contribution < -0.4 is 5.32 Å². The van der Waals surface area contributed by atoms with Crippen molar-refractivity contribution in [1.29, 1.82) is 0 Å². The second-order valence-corrected chi connectivity index (χ2v) is 6.82. The molecular formula is C19H17F3N2OS. The first-order chi connectivity index (χ1) is 12.4. The monoisotopic (exact) mass is 378 g/mol. The zero-order valence-corrected chi connectivity index (χ0v) is 14.6. The Kier molecular flexibility index (Phi) is 5.56. The van der Waals surface area contributed by atoms with Gasteiger partial charge >= 0.3 is 6.18 Å². The number of aromatic amines is 1. The maximum absolute atomic E-state index is 12.4. The standard InChI is InChI=1S/C19H17F3N2OS/c20-19(21,22)12-26-17-8-4-3-7-16(17)24-18(25)10-9-13-11-23-15-6-2-1-5-14(13)15/h1-8,11,23H,9-10,12H2,(H,24,25). The summed E-state index contributed by atoms with van der Waals surface area (Å²) < 4.78 is 37.3. The van der Waals surface area contributed by atoms with Gasteiger partial charge in [-0.1, -0.05) is 30.3 Å². The number of aromatic nitrogens is 1. The highest BCUT2D eigenvalue weighted by molar-refractivity contribution is 7.99. The number of hydrogen-bond acceptors (Lipinski definition) is 2. The molecule has 136 valence electrons. The van der Waals surface area contributed by atoms with Crippen LogP contribution in [0.3, 0.4) is 0 Å². The van der Waals surface area contributed by atoms with Crippen molar-refractivity contribution in [1.82, 2.24) is 4.98 Å². The number of halogens is 3. The molecule has 0 atom stereocenters. The summed E-state index contributed by atoms with van der Waals surface area (Å²) in [6.45, 7) is 0. The minimum Gasteiger partial charge on any atom is -0.361 e. The van der Waals surface area contributed by atoms with Gasteiger partial charge in [-0.2, -0.15) is 13.2 Å². The zero-order valence-electron chi connectivity index (χ0n) is 13.8. The lowest BCUT2D eigenvalue weighted by molar-refractivity contribution is -0.116. The second kappa shape index (κ2) is 7.86. The molecule has 7 heteroatoms. The summed E-state index contributed by atoms with van der Waals surface area (Å²) in [4.78, 5) is 15.8. The molecule has 3 rings (SSSR count). The molecular weight excluding hydrogens is 361 g/mol. The minimum absolute atomic E-state index is 0.227. The predicted octanol–water partition coefficient (Wildman–Crippen LogP) is 5.39. The fourth-order valence-electron chi connectivity index (χ4n) is 2.65. The summed E-state index contributed by atoms with van der Waals surface area (Å²) in [7, 11) is 0. The zero-order chi connectivity index (χ0) is 18.6. The van der Waals surface area contributed by atoms with E-state index < -0.39 is 11.9 Å². The van der Waals surface area contributed by atoms with E-state index in [0.717, 1.165) is 16.5 Å². The topological polar surface area (TPSA) is 44.9 Å². The molecule has 1 heterocycles. The van der Waals surface area contributed by atoms with Gasteiger partial charge < -0.3 is 10.3 Å². The number of H-pyrrole nitrogens is 1. The van der Waals surface area contributed by atoms with E-state index in [1.165, 1.54) is 0 Å². The number of benzene rings is 2. The number of aryl methyl sites for hydroxylation is 1. The molecule has 0 saturated heterocycles. The molecule has 0 bridgehead atoms. The number of amides is 1. The van der Waals surface area contributed by atoms with Crippen molar-refractivity contribution in [3.63, 3.8) is 0 Å². The Bertz CT molecular complexity index is 905. The molecule has 3 nitrogen and oxygen atoms in total. The van der Waals surface area contributed by atoms with Crippen LogP contribution in [0, 0.1) is 0 Å². The van der Waals surface area contributed by atoms with Crippen LogP contribution in [-0.4, -0.2) is 22.8 Å². The van der Waals surface area contributed by atoms with Gasteiger partial charge in [-0.15, -0.1) is 11.8 Å². The number of nitrogens with one attached hydrogen (secondary N) is 2. The Labute approximate surface area is 153 Å². The normalized spacial score (nSPS) is 11.7. The van der Waals surface area contributed by atoms with E-state index in [4.69, 9.17) is 0 Å². The van der Waals surface area contributed by atoms with Crippen molar-refractivity contribution in [3.05, 3.63) is 60.3 Å². The Balaban J connectivity index is 1.61. The Morgan fingerprint density at radius 2 is 1.81 bits per heavy atom. The van der Waals surface area contributed by atoms with E-state index in [1.54, 1.807) is 24.3 Å². The fraction of sp³-hybridized carbons (Fsp3) is 0.211. The van der Waals surface area contributed by atoms with Crippen LogP contribution in [0.5, 0.6) is 0 Å². The first-order valence-electron chi connectivity index (χ1n) is 8.06. The van der Waals surface area contributed by atoms with Gasteiger partial charge in [0.2, 0.25) is 5.91 Å². The Morgan fingerprint density at radius 1 is 1.08 bits per heavy atom. The third kappa shape index (κ3) is 4.82. The van der Waals surface area contributed by atoms with Crippen LogP contribution in [-0.2, 0) is 11.2 Å².